The Hall–Kier alpha value is -4.89. The molecule has 0 bridgehead atoms. The van der Waals surface area contributed by atoms with E-state index in [1.807, 2.05) is 27.8 Å². The van der Waals surface area contributed by atoms with Crippen LogP contribution in [0.2, 0.25) is 0 Å². The average Bonchev–Trinajstić information content (AvgIpc) is 3.32. The second-order valence-electron chi connectivity index (χ2n) is 13.4. The van der Waals surface area contributed by atoms with E-state index in [1.54, 1.807) is 37.5 Å². The summed E-state index contributed by atoms with van der Waals surface area (Å²) in [7, 11) is 2.96. The monoisotopic (exact) mass is 693 g/mol. The summed E-state index contributed by atoms with van der Waals surface area (Å²) < 4.78 is 41.5. The number of carboxylic acid groups (broad SMARTS) is 1. The van der Waals surface area contributed by atoms with Crippen LogP contribution in [0.3, 0.4) is 0 Å². The predicted molar refractivity (Wildman–Crippen MR) is 189 cm³/mol. The lowest BCUT2D eigenvalue weighted by atomic mass is 9.79. The third-order valence-electron chi connectivity index (χ3n) is 8.86. The Labute approximate surface area is 285 Å². The highest BCUT2D eigenvalue weighted by molar-refractivity contribution is 7.92. The van der Waals surface area contributed by atoms with Crippen molar-refractivity contribution < 1.29 is 32.6 Å². The molecular weight excluding hydrogens is 650 g/mol. The quantitative estimate of drug-likeness (QED) is 0.214. The standard InChI is InChI=1S/C34H43N7O7S/c1-34(2,3)22-18-21(31(35)42)30(47-7)27(38-49(8,45)46)26(22)25-20-10-9-11-23(28(20)41(6)29(25)32(43)44)48-24-12-15-36-33(37-24)40(5)19-13-16-39(4)17-14-19/h9-12,15,18-19,38H,13-14,16-17H2,1-8H3,(H2,35,42)(H,43,44). The molecule has 1 aliphatic heterocycles. The van der Waals surface area contributed by atoms with Crippen molar-refractivity contribution in [1.29, 1.82) is 0 Å². The molecule has 0 radical (unpaired) electrons. The fourth-order valence-electron chi connectivity index (χ4n) is 6.47. The van der Waals surface area contributed by atoms with E-state index in [0.717, 1.165) is 32.2 Å². The number of nitrogens with zero attached hydrogens (tertiary/aromatic N) is 5. The number of hydrogen-bond acceptors (Lipinski definition) is 10. The fraction of sp³-hybridized carbons (Fsp3) is 0.412. The maximum absolute atomic E-state index is 13.1. The number of carboxylic acids is 1. The van der Waals surface area contributed by atoms with Crippen LogP contribution in [0.5, 0.6) is 17.4 Å². The van der Waals surface area contributed by atoms with Crippen LogP contribution in [0.4, 0.5) is 11.6 Å². The Morgan fingerprint density at radius 3 is 2.37 bits per heavy atom. The minimum Gasteiger partial charge on any atom is -0.494 e. The van der Waals surface area contributed by atoms with Gasteiger partial charge in [0.1, 0.15) is 5.69 Å². The van der Waals surface area contributed by atoms with Gasteiger partial charge in [-0.1, -0.05) is 32.9 Å². The lowest BCUT2D eigenvalue weighted by Crippen LogP contribution is -2.42. The minimum atomic E-state index is -3.98. The number of benzene rings is 2. The Morgan fingerprint density at radius 2 is 1.80 bits per heavy atom. The van der Waals surface area contributed by atoms with Crippen molar-refractivity contribution in [3.8, 4) is 28.5 Å². The highest BCUT2D eigenvalue weighted by atomic mass is 32.2. The van der Waals surface area contributed by atoms with Crippen LogP contribution in [0, 0.1) is 0 Å². The summed E-state index contributed by atoms with van der Waals surface area (Å²) in [6.45, 7) is 7.54. The Kier molecular flexibility index (Phi) is 9.54. The summed E-state index contributed by atoms with van der Waals surface area (Å²) in [5, 5.41) is 11.1. The van der Waals surface area contributed by atoms with E-state index in [1.165, 1.54) is 17.7 Å². The van der Waals surface area contributed by atoms with Crippen LogP contribution in [-0.4, -0.2) is 91.4 Å². The van der Waals surface area contributed by atoms with Crippen molar-refractivity contribution >= 4 is 44.4 Å². The van der Waals surface area contributed by atoms with E-state index in [4.69, 9.17) is 15.2 Å². The van der Waals surface area contributed by atoms with Crippen molar-refractivity contribution in [3.63, 3.8) is 0 Å². The normalized spacial score (nSPS) is 14.5. The number of aryl methyl sites for hydroxylation is 1. The molecule has 49 heavy (non-hydrogen) atoms. The van der Waals surface area contributed by atoms with Gasteiger partial charge in [-0.15, -0.1) is 0 Å². The van der Waals surface area contributed by atoms with Crippen molar-refractivity contribution in [2.24, 2.45) is 12.8 Å². The second kappa shape index (κ2) is 13.2. The first-order chi connectivity index (χ1) is 22.9. The molecule has 0 atom stereocenters. The van der Waals surface area contributed by atoms with E-state index in [0.29, 0.717) is 28.2 Å². The van der Waals surface area contributed by atoms with E-state index in [9.17, 15) is 23.1 Å². The second-order valence-corrected chi connectivity index (χ2v) is 15.2. The Bertz CT molecular complexity index is 2050. The first kappa shape index (κ1) is 35.4. The maximum Gasteiger partial charge on any atom is 0.353 e. The Balaban J connectivity index is 1.76. The number of hydrogen-bond donors (Lipinski definition) is 3. The molecule has 4 N–H and O–H groups in total. The number of nitrogens with one attached hydrogen (secondary N) is 1. The molecule has 2 aromatic heterocycles. The number of fused-ring (bicyclic) bond motifs is 1. The summed E-state index contributed by atoms with van der Waals surface area (Å²) >= 11 is 0. The molecule has 14 nitrogen and oxygen atoms in total. The van der Waals surface area contributed by atoms with Crippen molar-refractivity contribution in [2.45, 2.75) is 45.1 Å². The average molecular weight is 694 g/mol. The van der Waals surface area contributed by atoms with Gasteiger partial charge in [-0.25, -0.2) is 18.2 Å². The van der Waals surface area contributed by atoms with Gasteiger partial charge in [0.2, 0.25) is 21.9 Å². The number of aromatic carboxylic acids is 1. The number of amides is 1. The molecule has 1 aliphatic rings. The first-order valence-corrected chi connectivity index (χ1v) is 17.6. The van der Waals surface area contributed by atoms with Gasteiger partial charge in [-0.2, -0.15) is 4.98 Å². The van der Waals surface area contributed by atoms with E-state index in [-0.39, 0.29) is 45.7 Å². The van der Waals surface area contributed by atoms with Crippen LogP contribution in [0.25, 0.3) is 22.0 Å². The molecule has 2 aromatic carbocycles. The maximum atomic E-state index is 13.1. The number of carbonyl (C=O) groups is 2. The third kappa shape index (κ3) is 6.99. The number of sulfonamides is 1. The zero-order valence-electron chi connectivity index (χ0n) is 29.0. The molecule has 1 amide bonds. The molecule has 0 aliphatic carbocycles. The van der Waals surface area contributed by atoms with Gasteiger partial charge in [0.15, 0.2) is 11.5 Å². The van der Waals surface area contributed by atoms with Gasteiger partial charge in [-0.3, -0.25) is 9.52 Å². The number of likely N-dealkylation sites (tertiary alicyclic amines) is 1. The number of nitrogens with two attached hydrogens (primary N) is 1. The smallest absolute Gasteiger partial charge is 0.353 e. The van der Waals surface area contributed by atoms with Crippen molar-refractivity contribution in [1.82, 2.24) is 19.4 Å². The number of methoxy groups -OCH3 is 1. The number of para-hydroxylation sites is 1. The fourth-order valence-corrected chi connectivity index (χ4v) is 7.04. The molecule has 3 heterocycles. The molecule has 0 saturated carbocycles. The molecule has 15 heteroatoms. The molecule has 1 saturated heterocycles. The van der Waals surface area contributed by atoms with Gasteiger partial charge in [0.25, 0.3) is 5.91 Å². The van der Waals surface area contributed by atoms with E-state index in [2.05, 4.69) is 31.5 Å². The number of carbonyl (C=O) groups excluding carboxylic acids is 1. The zero-order chi connectivity index (χ0) is 36.0. The van der Waals surface area contributed by atoms with Crippen LogP contribution in [-0.2, 0) is 22.5 Å². The number of primary amides is 1. The third-order valence-corrected chi connectivity index (χ3v) is 9.43. The summed E-state index contributed by atoms with van der Waals surface area (Å²) in [5.74, 6) is -1.17. The van der Waals surface area contributed by atoms with Crippen LogP contribution in [0.15, 0.2) is 36.5 Å². The number of aromatic nitrogens is 3. The zero-order valence-corrected chi connectivity index (χ0v) is 29.8. The number of rotatable bonds is 10. The summed E-state index contributed by atoms with van der Waals surface area (Å²) in [5.41, 5.74) is 6.00. The summed E-state index contributed by atoms with van der Waals surface area (Å²) in [6, 6.07) is 8.58. The van der Waals surface area contributed by atoms with Crippen molar-refractivity contribution in [3.05, 3.63) is 53.3 Å². The van der Waals surface area contributed by atoms with Crippen LogP contribution < -0.4 is 24.8 Å². The van der Waals surface area contributed by atoms with Gasteiger partial charge in [-0.05, 0) is 56.1 Å². The van der Waals surface area contributed by atoms with Gasteiger partial charge >= 0.3 is 5.97 Å². The van der Waals surface area contributed by atoms with Gasteiger partial charge < -0.3 is 34.7 Å². The highest BCUT2D eigenvalue weighted by Crippen LogP contribution is 2.50. The number of anilines is 2. The predicted octanol–water partition coefficient (Wildman–Crippen LogP) is 4.43. The summed E-state index contributed by atoms with van der Waals surface area (Å²) in [4.78, 5) is 39.2. The minimum absolute atomic E-state index is 0.0618. The lowest BCUT2D eigenvalue weighted by molar-refractivity contribution is 0.0687. The van der Waals surface area contributed by atoms with Gasteiger partial charge in [0, 0.05) is 48.9 Å². The molecule has 4 aromatic rings. The van der Waals surface area contributed by atoms with Crippen LogP contribution in [0.1, 0.15) is 60.0 Å². The molecule has 1 fully saturated rings. The highest BCUT2D eigenvalue weighted by Gasteiger charge is 2.35. The first-order valence-electron chi connectivity index (χ1n) is 15.7. The molecule has 262 valence electrons. The molecule has 0 unspecified atom stereocenters. The van der Waals surface area contributed by atoms with Crippen LogP contribution >= 0.6 is 0 Å². The van der Waals surface area contributed by atoms with Gasteiger partial charge in [0.05, 0.1) is 30.1 Å². The van der Waals surface area contributed by atoms with E-state index >= 15 is 0 Å². The van der Waals surface area contributed by atoms with E-state index < -0.39 is 27.3 Å². The molecule has 5 rings (SSSR count). The topological polar surface area (TPSA) is 182 Å². The Morgan fingerprint density at radius 1 is 1.12 bits per heavy atom. The largest absolute Gasteiger partial charge is 0.494 e. The molecular formula is C34H43N7O7S. The SMILES string of the molecule is COc1c(C(N)=O)cc(C(C)(C)C)c(-c2c(C(=O)O)n(C)c3c(Oc4ccnc(N(C)C5CCN(C)CC5)n4)cccc23)c1NS(C)(=O)=O. The number of piperidine rings is 1. The lowest BCUT2D eigenvalue weighted by Gasteiger charge is -2.35. The number of ether oxygens (including phenoxy) is 2. The van der Waals surface area contributed by atoms with Crippen molar-refractivity contribution in [2.75, 3.05) is 50.2 Å². The molecule has 0 spiro atoms. The summed E-state index contributed by atoms with van der Waals surface area (Å²) in [6.07, 6.45) is 4.52.